The molecular formula is C33H27F3N4OS. The predicted molar refractivity (Wildman–Crippen MR) is 161 cm³/mol. The van der Waals surface area contributed by atoms with Crippen molar-refractivity contribution in [2.75, 3.05) is 4.90 Å². The molecule has 1 aliphatic rings. The maximum absolute atomic E-state index is 13.6. The highest BCUT2D eigenvalue weighted by Gasteiger charge is 2.42. The van der Waals surface area contributed by atoms with Crippen LogP contribution >= 0.6 is 12.2 Å². The highest BCUT2D eigenvalue weighted by atomic mass is 32.1. The Morgan fingerprint density at radius 1 is 0.810 bits per heavy atom. The van der Waals surface area contributed by atoms with Gasteiger partial charge in [0.05, 0.1) is 23.3 Å². The molecule has 1 N–H and O–H groups in total. The van der Waals surface area contributed by atoms with E-state index < -0.39 is 11.7 Å². The van der Waals surface area contributed by atoms with Gasteiger partial charge in [0.1, 0.15) is 11.5 Å². The van der Waals surface area contributed by atoms with Crippen LogP contribution in [0.1, 0.15) is 40.3 Å². The van der Waals surface area contributed by atoms with Gasteiger partial charge in [0.15, 0.2) is 5.11 Å². The minimum atomic E-state index is -4.44. The minimum Gasteiger partial charge on any atom is -0.457 e. The molecule has 0 spiro atoms. The highest BCUT2D eigenvalue weighted by molar-refractivity contribution is 7.80. The lowest BCUT2D eigenvalue weighted by Gasteiger charge is -2.28. The first-order valence-electron chi connectivity index (χ1n) is 13.4. The number of aromatic nitrogens is 2. The van der Waals surface area contributed by atoms with Gasteiger partial charge < -0.3 is 19.5 Å². The number of alkyl halides is 3. The second-order valence-electron chi connectivity index (χ2n) is 10.1. The van der Waals surface area contributed by atoms with E-state index in [4.69, 9.17) is 17.0 Å². The van der Waals surface area contributed by atoms with Crippen LogP contribution in [-0.2, 0) is 6.18 Å². The monoisotopic (exact) mass is 584 g/mol. The fraction of sp³-hybridized carbons (Fsp3) is 0.152. The number of benzene rings is 3. The van der Waals surface area contributed by atoms with E-state index in [1.165, 1.54) is 12.1 Å². The van der Waals surface area contributed by atoms with Gasteiger partial charge in [0.25, 0.3) is 0 Å². The molecule has 2 atom stereocenters. The zero-order chi connectivity index (χ0) is 29.4. The third-order valence-electron chi connectivity index (χ3n) is 7.41. The first kappa shape index (κ1) is 27.5. The maximum Gasteiger partial charge on any atom is 0.416 e. The fourth-order valence-corrected chi connectivity index (χ4v) is 5.90. The zero-order valence-electron chi connectivity index (χ0n) is 22.8. The molecule has 0 aliphatic carbocycles. The number of anilines is 1. The Hall–Kier alpha value is -4.63. The van der Waals surface area contributed by atoms with Crippen LogP contribution in [0.25, 0.3) is 5.69 Å². The molecular weight excluding hydrogens is 557 g/mol. The molecule has 0 saturated carbocycles. The number of nitrogens with zero attached hydrogens (tertiary/aromatic N) is 3. The number of hydrogen-bond donors (Lipinski definition) is 1. The highest BCUT2D eigenvalue weighted by Crippen LogP contribution is 2.44. The summed E-state index contributed by atoms with van der Waals surface area (Å²) >= 11 is 5.87. The first-order chi connectivity index (χ1) is 20.2. The number of nitrogens with one attached hydrogen (secondary N) is 1. The molecule has 212 valence electrons. The van der Waals surface area contributed by atoms with Gasteiger partial charge in [-0.05, 0) is 104 Å². The Morgan fingerprint density at radius 2 is 1.52 bits per heavy atom. The van der Waals surface area contributed by atoms with E-state index in [1.807, 2.05) is 102 Å². The Balaban J connectivity index is 1.42. The topological polar surface area (TPSA) is 42.3 Å². The van der Waals surface area contributed by atoms with Crippen molar-refractivity contribution < 1.29 is 17.9 Å². The molecule has 0 unspecified atom stereocenters. The molecule has 3 aromatic carbocycles. The van der Waals surface area contributed by atoms with Crippen molar-refractivity contribution in [3.05, 3.63) is 138 Å². The summed E-state index contributed by atoms with van der Waals surface area (Å²) in [6.07, 6.45) is -2.70. The second-order valence-corrected chi connectivity index (χ2v) is 10.5. The number of ether oxygens (including phenoxy) is 1. The van der Waals surface area contributed by atoms with E-state index in [1.54, 1.807) is 12.3 Å². The predicted octanol–water partition coefficient (Wildman–Crippen LogP) is 8.48. The van der Waals surface area contributed by atoms with E-state index in [-0.39, 0.29) is 12.1 Å². The summed E-state index contributed by atoms with van der Waals surface area (Å²) in [4.78, 5) is 6.66. The molecule has 6 rings (SSSR count). The molecule has 1 fully saturated rings. The smallest absolute Gasteiger partial charge is 0.416 e. The average molecular weight is 585 g/mol. The molecule has 5 aromatic rings. The van der Waals surface area contributed by atoms with Crippen LogP contribution in [0, 0.1) is 13.8 Å². The molecule has 0 amide bonds. The fourth-order valence-electron chi connectivity index (χ4n) is 5.55. The van der Waals surface area contributed by atoms with Crippen LogP contribution in [0.4, 0.5) is 18.9 Å². The normalized spacial score (nSPS) is 16.9. The first-order valence-corrected chi connectivity index (χ1v) is 13.8. The number of para-hydroxylation sites is 1. The molecule has 3 heterocycles. The molecule has 1 saturated heterocycles. The summed E-state index contributed by atoms with van der Waals surface area (Å²) in [6, 6.07) is 29.7. The lowest BCUT2D eigenvalue weighted by Crippen LogP contribution is -2.29. The Labute approximate surface area is 247 Å². The zero-order valence-corrected chi connectivity index (χ0v) is 23.7. The van der Waals surface area contributed by atoms with Crippen molar-refractivity contribution in [3.8, 4) is 17.2 Å². The Bertz CT molecular complexity index is 1720. The van der Waals surface area contributed by atoms with Gasteiger partial charge in [-0.2, -0.15) is 13.2 Å². The van der Waals surface area contributed by atoms with Crippen molar-refractivity contribution >= 4 is 23.0 Å². The third-order valence-corrected chi connectivity index (χ3v) is 7.73. The van der Waals surface area contributed by atoms with E-state index >= 15 is 0 Å². The van der Waals surface area contributed by atoms with Crippen molar-refractivity contribution in [2.45, 2.75) is 32.1 Å². The summed E-state index contributed by atoms with van der Waals surface area (Å²) in [5.74, 6) is 1.42. The molecule has 2 aromatic heterocycles. The summed E-state index contributed by atoms with van der Waals surface area (Å²) < 4.78 is 48.5. The quantitative estimate of drug-likeness (QED) is 0.203. The molecule has 0 bridgehead atoms. The summed E-state index contributed by atoms with van der Waals surface area (Å²) in [5.41, 5.74) is 3.97. The Morgan fingerprint density at radius 3 is 2.21 bits per heavy atom. The standard InChI is InChI=1S/C33H27F3N4OS/c1-21-19-28(22(2)39(21)25-10-8-9-23(20-25)33(34,35)36)31-30(29-13-6-7-18-37-29)38-32(42)40(31)24-14-16-27(17-15-24)41-26-11-4-3-5-12-26/h3-20,30-31H,1-2H3,(H,38,42)/t30-,31+/m0/s1. The van der Waals surface area contributed by atoms with Crippen LogP contribution in [0.2, 0.25) is 0 Å². The van der Waals surface area contributed by atoms with Gasteiger partial charge in [-0.25, -0.2) is 0 Å². The van der Waals surface area contributed by atoms with Crippen molar-refractivity contribution in [1.29, 1.82) is 0 Å². The van der Waals surface area contributed by atoms with Crippen molar-refractivity contribution in [3.63, 3.8) is 0 Å². The average Bonchev–Trinajstić information content (AvgIpc) is 3.48. The molecule has 0 radical (unpaired) electrons. The molecule has 42 heavy (non-hydrogen) atoms. The lowest BCUT2D eigenvalue weighted by atomic mass is 9.96. The van der Waals surface area contributed by atoms with Gasteiger partial charge in [-0.1, -0.05) is 30.3 Å². The maximum atomic E-state index is 13.6. The summed E-state index contributed by atoms with van der Waals surface area (Å²) in [6.45, 7) is 3.82. The van der Waals surface area contributed by atoms with Gasteiger partial charge in [-0.15, -0.1) is 0 Å². The SMILES string of the molecule is Cc1cc([C@@H]2[C@H](c3ccccn3)NC(=S)N2c2ccc(Oc3ccccc3)cc2)c(C)n1-c1cccc(C(F)(F)F)c1. The van der Waals surface area contributed by atoms with Gasteiger partial charge in [-0.3, -0.25) is 4.98 Å². The van der Waals surface area contributed by atoms with Crippen LogP contribution in [0.3, 0.4) is 0 Å². The number of aryl methyl sites for hydroxylation is 1. The number of halogens is 3. The minimum absolute atomic E-state index is 0.297. The van der Waals surface area contributed by atoms with E-state index in [2.05, 4.69) is 10.3 Å². The lowest BCUT2D eigenvalue weighted by molar-refractivity contribution is -0.137. The number of rotatable bonds is 6. The van der Waals surface area contributed by atoms with Gasteiger partial charge >= 0.3 is 6.18 Å². The number of pyridine rings is 1. The third kappa shape index (κ3) is 5.23. The Kier molecular flexibility index (Phi) is 7.20. The van der Waals surface area contributed by atoms with E-state index in [0.29, 0.717) is 16.5 Å². The van der Waals surface area contributed by atoms with E-state index in [9.17, 15) is 13.2 Å². The van der Waals surface area contributed by atoms with Crippen LogP contribution in [-0.4, -0.2) is 14.7 Å². The van der Waals surface area contributed by atoms with Crippen molar-refractivity contribution in [2.24, 2.45) is 0 Å². The van der Waals surface area contributed by atoms with Gasteiger partial charge in [0.2, 0.25) is 0 Å². The van der Waals surface area contributed by atoms with Crippen LogP contribution in [0.15, 0.2) is 109 Å². The summed E-state index contributed by atoms with van der Waals surface area (Å²) in [7, 11) is 0. The van der Waals surface area contributed by atoms with Crippen LogP contribution < -0.4 is 15.0 Å². The van der Waals surface area contributed by atoms with Gasteiger partial charge in [0, 0.05) is 29.0 Å². The number of thiocarbonyl (C=S) groups is 1. The second kappa shape index (κ2) is 11.0. The molecule has 5 nitrogen and oxygen atoms in total. The summed E-state index contributed by atoms with van der Waals surface area (Å²) in [5, 5.41) is 3.98. The van der Waals surface area contributed by atoms with Crippen LogP contribution in [0.5, 0.6) is 11.5 Å². The number of hydrogen-bond acceptors (Lipinski definition) is 3. The molecule has 9 heteroatoms. The van der Waals surface area contributed by atoms with Crippen molar-refractivity contribution in [1.82, 2.24) is 14.9 Å². The largest absolute Gasteiger partial charge is 0.457 e. The van der Waals surface area contributed by atoms with E-state index in [0.717, 1.165) is 40.1 Å². The molecule has 1 aliphatic heterocycles.